The molecule has 0 unspecified atom stereocenters. The van der Waals surface area contributed by atoms with Gasteiger partial charge in [0.25, 0.3) is 11.6 Å². The highest BCUT2D eigenvalue weighted by molar-refractivity contribution is 7.80. The molecule has 0 atom stereocenters. The van der Waals surface area contributed by atoms with Gasteiger partial charge in [-0.2, -0.15) is 0 Å². The van der Waals surface area contributed by atoms with Gasteiger partial charge in [0.2, 0.25) is 5.91 Å². The van der Waals surface area contributed by atoms with Crippen LogP contribution in [0.5, 0.6) is 5.75 Å². The standard InChI is InChI=1S/C19H17ClN4O5S/c1-12-9-15(6-7-16(12)20)29-11-18(26)22-23-19(30)21-17(25)8-5-13-3-2-4-14(10-13)24(27)28/h2-10H,11H2,1H3,(H,22,26)(H2,21,23,25,30)/b8-5+. The number of hydrogen-bond donors (Lipinski definition) is 3. The largest absolute Gasteiger partial charge is 0.484 e. The van der Waals surface area contributed by atoms with Crippen LogP contribution in [0.4, 0.5) is 5.69 Å². The number of non-ortho nitro benzene ring substituents is 1. The maximum atomic E-state index is 11.9. The van der Waals surface area contributed by atoms with Gasteiger partial charge in [-0.3, -0.25) is 35.9 Å². The Labute approximate surface area is 182 Å². The number of benzene rings is 2. The summed E-state index contributed by atoms with van der Waals surface area (Å²) in [6.45, 7) is 1.53. The van der Waals surface area contributed by atoms with Crippen molar-refractivity contribution in [2.75, 3.05) is 6.61 Å². The SMILES string of the molecule is Cc1cc(OCC(=O)NNC(=S)NC(=O)/C=C/c2cccc([N+](=O)[O-])c2)ccc1Cl. The van der Waals surface area contributed by atoms with Gasteiger partial charge in [0.1, 0.15) is 5.75 Å². The number of carbonyl (C=O) groups excluding carboxylic acids is 2. The number of nitro benzene ring substituents is 1. The number of aryl methyl sites for hydroxylation is 1. The first-order valence-corrected chi connectivity index (χ1v) is 9.24. The van der Waals surface area contributed by atoms with Gasteiger partial charge in [-0.05, 0) is 54.5 Å². The van der Waals surface area contributed by atoms with E-state index in [4.69, 9.17) is 28.6 Å². The summed E-state index contributed by atoms with van der Waals surface area (Å²) < 4.78 is 5.33. The molecule has 0 bridgehead atoms. The fourth-order valence-electron chi connectivity index (χ4n) is 2.12. The molecule has 30 heavy (non-hydrogen) atoms. The van der Waals surface area contributed by atoms with Crippen molar-refractivity contribution in [2.45, 2.75) is 6.92 Å². The average molecular weight is 449 g/mol. The van der Waals surface area contributed by atoms with Crippen LogP contribution in [-0.2, 0) is 9.59 Å². The van der Waals surface area contributed by atoms with Crippen molar-refractivity contribution in [3.05, 3.63) is 74.8 Å². The summed E-state index contributed by atoms with van der Waals surface area (Å²) in [6, 6.07) is 10.8. The van der Waals surface area contributed by atoms with E-state index in [0.29, 0.717) is 16.3 Å². The molecule has 0 spiro atoms. The number of carbonyl (C=O) groups is 2. The normalized spacial score (nSPS) is 10.3. The minimum atomic E-state index is -0.582. The first kappa shape index (κ1) is 22.8. The van der Waals surface area contributed by atoms with Crippen molar-refractivity contribution < 1.29 is 19.2 Å². The summed E-state index contributed by atoms with van der Waals surface area (Å²) >= 11 is 10.8. The van der Waals surface area contributed by atoms with Crippen molar-refractivity contribution in [3.63, 3.8) is 0 Å². The van der Waals surface area contributed by atoms with Crippen molar-refractivity contribution in [1.82, 2.24) is 16.2 Å². The molecule has 0 aromatic heterocycles. The first-order valence-electron chi connectivity index (χ1n) is 8.46. The van der Waals surface area contributed by atoms with Crippen LogP contribution in [0.15, 0.2) is 48.5 Å². The number of ether oxygens (including phenoxy) is 1. The van der Waals surface area contributed by atoms with E-state index in [9.17, 15) is 19.7 Å². The van der Waals surface area contributed by atoms with Crippen molar-refractivity contribution in [2.24, 2.45) is 0 Å². The molecule has 3 N–H and O–H groups in total. The minimum absolute atomic E-state index is 0.0894. The molecule has 0 saturated carbocycles. The van der Waals surface area contributed by atoms with Crippen LogP contribution < -0.4 is 20.9 Å². The first-order chi connectivity index (χ1) is 14.2. The van der Waals surface area contributed by atoms with E-state index in [1.807, 2.05) is 6.92 Å². The van der Waals surface area contributed by atoms with Gasteiger partial charge in [-0.25, -0.2) is 0 Å². The van der Waals surface area contributed by atoms with E-state index < -0.39 is 16.7 Å². The summed E-state index contributed by atoms with van der Waals surface area (Å²) in [5, 5.41) is 13.5. The predicted molar refractivity (Wildman–Crippen MR) is 116 cm³/mol. The number of nitro groups is 1. The molecule has 0 aliphatic carbocycles. The highest BCUT2D eigenvalue weighted by Crippen LogP contribution is 2.20. The Morgan fingerprint density at radius 1 is 1.23 bits per heavy atom. The molecule has 9 nitrogen and oxygen atoms in total. The van der Waals surface area contributed by atoms with E-state index >= 15 is 0 Å². The molecular weight excluding hydrogens is 432 g/mol. The molecule has 2 rings (SSSR count). The quantitative estimate of drug-likeness (QED) is 0.268. The molecule has 0 aliphatic heterocycles. The van der Waals surface area contributed by atoms with E-state index in [2.05, 4.69) is 16.2 Å². The lowest BCUT2D eigenvalue weighted by molar-refractivity contribution is -0.384. The van der Waals surface area contributed by atoms with Gasteiger partial charge >= 0.3 is 0 Å². The molecule has 0 fully saturated rings. The number of nitrogens with one attached hydrogen (secondary N) is 3. The van der Waals surface area contributed by atoms with E-state index in [0.717, 1.165) is 11.6 Å². The molecule has 2 aromatic rings. The third kappa shape index (κ3) is 7.49. The Hall–Kier alpha value is -3.50. The molecule has 2 aromatic carbocycles. The molecule has 156 valence electrons. The fraction of sp³-hybridized carbons (Fsp3) is 0.105. The number of thiocarbonyl (C=S) groups is 1. The number of rotatable bonds is 6. The lowest BCUT2D eigenvalue weighted by Crippen LogP contribution is -2.49. The molecule has 2 amide bonds. The molecule has 11 heteroatoms. The van der Waals surface area contributed by atoms with Crippen LogP contribution in [0.1, 0.15) is 11.1 Å². The van der Waals surface area contributed by atoms with Crippen LogP contribution in [0, 0.1) is 17.0 Å². The molecule has 0 saturated heterocycles. The summed E-state index contributed by atoms with van der Waals surface area (Å²) in [4.78, 5) is 33.9. The smallest absolute Gasteiger partial charge is 0.276 e. The average Bonchev–Trinajstić information content (AvgIpc) is 2.71. The van der Waals surface area contributed by atoms with Gasteiger partial charge in [-0.15, -0.1) is 0 Å². The van der Waals surface area contributed by atoms with Gasteiger partial charge in [-0.1, -0.05) is 23.7 Å². The van der Waals surface area contributed by atoms with Crippen molar-refractivity contribution in [3.8, 4) is 5.75 Å². The second-order valence-electron chi connectivity index (χ2n) is 5.88. The number of amides is 2. The Balaban J connectivity index is 1.74. The van der Waals surface area contributed by atoms with Crippen molar-refractivity contribution >= 4 is 52.5 Å². The predicted octanol–water partition coefficient (Wildman–Crippen LogP) is 2.67. The maximum Gasteiger partial charge on any atom is 0.276 e. The van der Waals surface area contributed by atoms with Crippen LogP contribution in [0.3, 0.4) is 0 Å². The maximum absolute atomic E-state index is 11.9. The lowest BCUT2D eigenvalue weighted by Gasteiger charge is -2.11. The Kier molecular flexibility index (Phi) is 8.27. The number of hydrogen-bond acceptors (Lipinski definition) is 6. The van der Waals surface area contributed by atoms with E-state index in [-0.39, 0.29) is 17.4 Å². The second kappa shape index (κ2) is 10.9. The van der Waals surface area contributed by atoms with Crippen molar-refractivity contribution in [1.29, 1.82) is 0 Å². The third-order valence-corrected chi connectivity index (χ3v) is 4.19. The zero-order valence-corrected chi connectivity index (χ0v) is 17.3. The van der Waals surface area contributed by atoms with Gasteiger partial charge in [0.05, 0.1) is 4.92 Å². The molecule has 0 radical (unpaired) electrons. The molecule has 0 heterocycles. The topological polar surface area (TPSA) is 123 Å². The highest BCUT2D eigenvalue weighted by Gasteiger charge is 2.07. The Bertz CT molecular complexity index is 1010. The van der Waals surface area contributed by atoms with E-state index in [1.165, 1.54) is 24.3 Å². The number of halogens is 1. The fourth-order valence-corrected chi connectivity index (χ4v) is 2.39. The van der Waals surface area contributed by atoms with Gasteiger partial charge < -0.3 is 4.74 Å². The number of hydrazine groups is 1. The minimum Gasteiger partial charge on any atom is -0.484 e. The van der Waals surface area contributed by atoms with Crippen LogP contribution in [-0.4, -0.2) is 28.5 Å². The highest BCUT2D eigenvalue weighted by atomic mass is 35.5. The molecular formula is C19H17ClN4O5S. The zero-order chi connectivity index (χ0) is 22.1. The number of nitrogens with zero attached hydrogens (tertiary/aromatic N) is 1. The zero-order valence-electron chi connectivity index (χ0n) is 15.7. The van der Waals surface area contributed by atoms with Gasteiger partial charge in [0, 0.05) is 23.2 Å². The van der Waals surface area contributed by atoms with Crippen LogP contribution >= 0.6 is 23.8 Å². The van der Waals surface area contributed by atoms with Crippen LogP contribution in [0.25, 0.3) is 6.08 Å². The van der Waals surface area contributed by atoms with E-state index in [1.54, 1.807) is 24.3 Å². The third-order valence-electron chi connectivity index (χ3n) is 3.56. The monoisotopic (exact) mass is 448 g/mol. The Morgan fingerprint density at radius 3 is 2.70 bits per heavy atom. The summed E-state index contributed by atoms with van der Waals surface area (Å²) in [7, 11) is 0. The summed E-state index contributed by atoms with van der Waals surface area (Å²) in [5.41, 5.74) is 5.85. The Morgan fingerprint density at radius 2 is 2.00 bits per heavy atom. The lowest BCUT2D eigenvalue weighted by atomic mass is 10.2. The summed E-state index contributed by atoms with van der Waals surface area (Å²) in [5.74, 6) is -0.623. The summed E-state index contributed by atoms with van der Waals surface area (Å²) in [6.07, 6.45) is 2.55. The van der Waals surface area contributed by atoms with Crippen LogP contribution in [0.2, 0.25) is 5.02 Å². The van der Waals surface area contributed by atoms with Gasteiger partial charge in [0.15, 0.2) is 11.7 Å². The molecule has 0 aliphatic rings. The second-order valence-corrected chi connectivity index (χ2v) is 6.69.